The Bertz CT molecular complexity index is 1990. The molecule has 15 heteroatoms. The Balaban J connectivity index is 0.860. The molecule has 1 spiro atoms. The van der Waals surface area contributed by atoms with Gasteiger partial charge in [-0.25, -0.2) is 4.79 Å². The number of primary amides is 1. The van der Waals surface area contributed by atoms with Crippen molar-refractivity contribution in [3.63, 3.8) is 0 Å². The van der Waals surface area contributed by atoms with Crippen molar-refractivity contribution in [1.29, 1.82) is 0 Å². The summed E-state index contributed by atoms with van der Waals surface area (Å²) >= 11 is 6.98. The molecule has 7 aliphatic rings. The molecule has 5 saturated carbocycles. The van der Waals surface area contributed by atoms with Gasteiger partial charge in [0.2, 0.25) is 11.8 Å². The zero-order chi connectivity index (χ0) is 40.8. The van der Waals surface area contributed by atoms with Crippen molar-refractivity contribution in [2.75, 3.05) is 46.0 Å². The number of ether oxygens (including phenoxy) is 4. The number of nitrogens with zero attached hydrogens (tertiary/aromatic N) is 3. The van der Waals surface area contributed by atoms with E-state index in [0.29, 0.717) is 83.8 Å². The van der Waals surface area contributed by atoms with Gasteiger partial charge in [0.25, 0.3) is 0 Å². The lowest BCUT2D eigenvalue weighted by molar-refractivity contribution is -0.139. The van der Waals surface area contributed by atoms with Gasteiger partial charge >= 0.3 is 12.1 Å². The summed E-state index contributed by atoms with van der Waals surface area (Å²) in [6.45, 7) is 4.51. The van der Waals surface area contributed by atoms with Gasteiger partial charge in [-0.3, -0.25) is 24.3 Å². The second kappa shape index (κ2) is 16.7. The number of carboxylic acids is 1. The van der Waals surface area contributed by atoms with Crippen LogP contribution < -0.4 is 20.5 Å². The van der Waals surface area contributed by atoms with E-state index in [9.17, 15) is 19.2 Å². The van der Waals surface area contributed by atoms with Crippen LogP contribution in [0.2, 0.25) is 5.02 Å². The standard InChI is InChI=1S/C44H56ClN5O9/c45-38-36(57-17-14-49-12-15-56-16-13-49)11-10-29-37(21-34(25-8-9-25)47-39(29)38)58-28-20-35(40(46)51)50(24-28)41(52)33(7-5-3-1-2-4-6-26-18-30(26)42(53)54)48-43(55)59-27-19-31-32-23-44(31,32)22-27/h4,6,10-11,21,25-28,30-33,35H,1-3,5,7-9,12-20,22-24H2,(H2,46,51)(H,48,55)(H,53,54)/b6-4-/t26-,27+,28?,30+,31+,32?,33+,35+,44?/m1/s1. The first-order valence-electron chi connectivity index (χ1n) is 21.8. The second-order valence-electron chi connectivity index (χ2n) is 18.0. The molecule has 1 aromatic carbocycles. The number of carboxylic acid groups (broad SMARTS) is 1. The van der Waals surface area contributed by atoms with Crippen molar-refractivity contribution in [2.45, 2.75) is 107 Å². The van der Waals surface area contributed by atoms with E-state index in [1.807, 2.05) is 30.4 Å². The molecule has 2 aliphatic heterocycles. The minimum atomic E-state index is -0.922. The number of hydrogen-bond donors (Lipinski definition) is 3. The highest BCUT2D eigenvalue weighted by Gasteiger charge is 2.81. The van der Waals surface area contributed by atoms with Gasteiger partial charge in [-0.15, -0.1) is 0 Å². The Morgan fingerprint density at radius 1 is 1.05 bits per heavy atom. The SMILES string of the molecule is NC(=O)[C@@H]1CC(Oc2cc(C3CC3)nc3c(Cl)c(OCCN4CCOCC4)ccc23)CN1C(=O)[C@H](CCCCC/C=C\[C@@H]1C[C@@H]1C(=O)O)NC(=O)O[C@H]1C[C@H]2C3CC32C1. The summed E-state index contributed by atoms with van der Waals surface area (Å²) < 4.78 is 24.1. The smallest absolute Gasteiger partial charge is 0.408 e. The number of fused-ring (bicyclic) bond motifs is 2. The lowest BCUT2D eigenvalue weighted by Gasteiger charge is -2.28. The summed E-state index contributed by atoms with van der Waals surface area (Å²) in [7, 11) is 0. The number of aliphatic carboxylic acids is 1. The fourth-order valence-corrected chi connectivity index (χ4v) is 10.3. The molecule has 14 nitrogen and oxygen atoms in total. The average molecular weight is 834 g/mol. The van der Waals surface area contributed by atoms with E-state index in [1.54, 1.807) is 0 Å². The molecule has 9 rings (SSSR count). The molecule has 5 aliphatic carbocycles. The zero-order valence-corrected chi connectivity index (χ0v) is 34.3. The van der Waals surface area contributed by atoms with E-state index >= 15 is 0 Å². The number of nitrogens with two attached hydrogens (primary N) is 1. The maximum Gasteiger partial charge on any atom is 0.408 e. The molecule has 4 N–H and O–H groups in total. The molecule has 2 aromatic rings. The Morgan fingerprint density at radius 3 is 2.59 bits per heavy atom. The largest absolute Gasteiger partial charge is 0.491 e. The Kier molecular flexibility index (Phi) is 11.4. The van der Waals surface area contributed by atoms with Crippen LogP contribution >= 0.6 is 11.6 Å². The predicted molar refractivity (Wildman–Crippen MR) is 217 cm³/mol. The molecule has 7 fully saturated rings. The predicted octanol–water partition coefficient (Wildman–Crippen LogP) is 5.43. The molecule has 0 bridgehead atoms. The van der Waals surface area contributed by atoms with Gasteiger partial charge in [-0.2, -0.15) is 0 Å². The van der Waals surface area contributed by atoms with E-state index in [2.05, 4.69) is 10.2 Å². The van der Waals surface area contributed by atoms with E-state index in [4.69, 9.17) is 46.4 Å². The monoisotopic (exact) mass is 833 g/mol. The van der Waals surface area contributed by atoms with Gasteiger partial charge in [0.15, 0.2) is 0 Å². The number of likely N-dealkylation sites (tertiary alicyclic amines) is 1. The number of alkyl carbamates (subject to hydrolysis) is 1. The minimum Gasteiger partial charge on any atom is -0.491 e. The number of halogens is 1. The Morgan fingerprint density at radius 2 is 1.88 bits per heavy atom. The molecule has 0 radical (unpaired) electrons. The molecule has 3 heterocycles. The van der Waals surface area contributed by atoms with Crippen molar-refractivity contribution >= 4 is 46.4 Å². The number of morpholine rings is 1. The van der Waals surface area contributed by atoms with Crippen molar-refractivity contribution in [2.24, 2.45) is 34.8 Å². The quantitative estimate of drug-likeness (QED) is 0.121. The van der Waals surface area contributed by atoms with E-state index in [-0.39, 0.29) is 36.8 Å². The van der Waals surface area contributed by atoms with E-state index in [0.717, 1.165) is 76.2 Å². The second-order valence-corrected chi connectivity index (χ2v) is 18.4. The van der Waals surface area contributed by atoms with Crippen LogP contribution in [-0.4, -0.2) is 114 Å². The van der Waals surface area contributed by atoms with Crippen molar-refractivity contribution < 1.29 is 43.2 Å². The summed E-state index contributed by atoms with van der Waals surface area (Å²) in [5.41, 5.74) is 7.81. The van der Waals surface area contributed by atoms with Gasteiger partial charge in [-0.05, 0) is 93.1 Å². The zero-order valence-electron chi connectivity index (χ0n) is 33.5. The molecular weight excluding hydrogens is 778 g/mol. The first-order chi connectivity index (χ1) is 28.6. The van der Waals surface area contributed by atoms with Crippen LogP contribution in [0.15, 0.2) is 30.4 Å². The van der Waals surface area contributed by atoms with Crippen LogP contribution in [-0.2, 0) is 23.9 Å². The molecule has 2 saturated heterocycles. The van der Waals surface area contributed by atoms with Crippen LogP contribution in [0.1, 0.15) is 88.7 Å². The summed E-state index contributed by atoms with van der Waals surface area (Å²) in [4.78, 5) is 60.5. The fourth-order valence-electron chi connectivity index (χ4n) is 10.1. The topological polar surface area (TPSA) is 183 Å². The number of allylic oxidation sites excluding steroid dienone is 2. The highest BCUT2D eigenvalue weighted by atomic mass is 35.5. The molecule has 1 aromatic heterocycles. The van der Waals surface area contributed by atoms with E-state index in [1.165, 1.54) is 11.3 Å². The third kappa shape index (κ3) is 8.86. The maximum absolute atomic E-state index is 14.4. The summed E-state index contributed by atoms with van der Waals surface area (Å²) in [6.07, 6.45) is 12.1. The number of benzene rings is 1. The summed E-state index contributed by atoms with van der Waals surface area (Å²) in [5.74, 6) is 0.991. The normalized spacial score (nSPS) is 31.1. The van der Waals surface area contributed by atoms with Crippen molar-refractivity contribution in [3.05, 3.63) is 41.1 Å². The van der Waals surface area contributed by atoms with E-state index < -0.39 is 36.2 Å². The van der Waals surface area contributed by atoms with Crippen molar-refractivity contribution in [3.8, 4) is 11.5 Å². The Hall–Kier alpha value is -4.14. The highest BCUT2D eigenvalue weighted by molar-refractivity contribution is 6.36. The number of unbranched alkanes of at least 4 members (excludes halogenated alkanes) is 3. The third-order valence-electron chi connectivity index (χ3n) is 14.0. The van der Waals surface area contributed by atoms with Crippen LogP contribution in [0.25, 0.3) is 10.9 Å². The highest BCUT2D eigenvalue weighted by Crippen LogP contribution is 2.86. The Labute approximate surface area is 349 Å². The molecule has 59 heavy (non-hydrogen) atoms. The number of rotatable bonds is 19. The number of aromatic nitrogens is 1. The number of carbonyl (C=O) groups excluding carboxylic acids is 3. The number of pyridine rings is 1. The lowest BCUT2D eigenvalue weighted by Crippen LogP contribution is -2.53. The summed E-state index contributed by atoms with van der Waals surface area (Å²) in [5, 5.41) is 13.2. The molecule has 3 amide bonds. The number of carbonyl (C=O) groups is 4. The van der Waals surface area contributed by atoms with Crippen LogP contribution in [0.4, 0.5) is 4.79 Å². The first-order valence-corrected chi connectivity index (χ1v) is 22.1. The molecular formula is C44H56ClN5O9. The maximum atomic E-state index is 14.4. The number of amides is 3. The summed E-state index contributed by atoms with van der Waals surface area (Å²) in [6, 6.07) is 3.84. The van der Waals surface area contributed by atoms with Gasteiger partial charge in [0.05, 0.1) is 31.2 Å². The first kappa shape index (κ1) is 40.3. The van der Waals surface area contributed by atoms with Crippen molar-refractivity contribution in [1.82, 2.24) is 20.1 Å². The van der Waals surface area contributed by atoms with Gasteiger partial charge in [0.1, 0.15) is 47.4 Å². The molecule has 3 unspecified atom stereocenters. The average Bonchev–Trinajstić information content (AvgIpc) is 4.11. The van der Waals surface area contributed by atoms with Gasteiger partial charge in [0, 0.05) is 49.1 Å². The van der Waals surface area contributed by atoms with Crippen LogP contribution in [0.3, 0.4) is 0 Å². The van der Waals surface area contributed by atoms with Crippen LogP contribution in [0, 0.1) is 29.1 Å². The lowest BCUT2D eigenvalue weighted by atomic mass is 10.0. The van der Waals surface area contributed by atoms with Gasteiger partial charge in [-0.1, -0.05) is 36.6 Å². The van der Waals surface area contributed by atoms with Crippen LogP contribution in [0.5, 0.6) is 11.5 Å². The number of hydrogen-bond acceptors (Lipinski definition) is 10. The molecule has 318 valence electrons. The fraction of sp³-hybridized carbons (Fsp3) is 0.659. The minimum absolute atomic E-state index is 0.107. The van der Waals surface area contributed by atoms with Gasteiger partial charge < -0.3 is 40.0 Å². The number of nitrogens with one attached hydrogen (secondary N) is 1. The molecule has 9 atom stereocenters. The third-order valence-corrected chi connectivity index (χ3v) is 14.3.